The van der Waals surface area contributed by atoms with E-state index in [1.165, 1.54) is 4.31 Å². The van der Waals surface area contributed by atoms with Crippen molar-refractivity contribution in [3.63, 3.8) is 0 Å². The van der Waals surface area contributed by atoms with Crippen molar-refractivity contribution in [1.29, 1.82) is 0 Å². The molecule has 2 rings (SSSR count). The Bertz CT molecular complexity index is 491. The largest absolute Gasteiger partial charge is 0.223 e. The number of hydrogen-bond donors (Lipinski definition) is 0. The van der Waals surface area contributed by atoms with Gasteiger partial charge < -0.3 is 0 Å². The van der Waals surface area contributed by atoms with E-state index in [-0.39, 0.29) is 0 Å². The fourth-order valence-electron chi connectivity index (χ4n) is 2.10. The molecule has 0 radical (unpaired) electrons. The van der Waals surface area contributed by atoms with E-state index in [9.17, 15) is 8.42 Å². The van der Waals surface area contributed by atoms with Crippen molar-refractivity contribution < 1.29 is 8.42 Å². The summed E-state index contributed by atoms with van der Waals surface area (Å²) in [5.74, 6) is 0. The smallest absolute Gasteiger partial charge is 0.211 e. The molecular formula is C11H15NO2S. The molecule has 3 nitrogen and oxygen atoms in total. The Labute approximate surface area is 90.8 Å². The van der Waals surface area contributed by atoms with E-state index < -0.39 is 14.8 Å². The second kappa shape index (κ2) is 3.06. The van der Waals surface area contributed by atoms with E-state index >= 15 is 0 Å². The summed E-state index contributed by atoms with van der Waals surface area (Å²) in [6, 6.07) is 7.73. The monoisotopic (exact) mass is 225 g/mol. The molecule has 0 saturated carbocycles. The number of nitrogens with zero attached hydrogens (tertiary/aromatic N) is 1. The molecule has 0 N–H and O–H groups in total. The number of hydrogen-bond acceptors (Lipinski definition) is 2. The third kappa shape index (κ3) is 1.32. The van der Waals surface area contributed by atoms with Crippen molar-refractivity contribution in [2.75, 3.05) is 7.05 Å². The van der Waals surface area contributed by atoms with E-state index in [1.54, 1.807) is 20.9 Å². The number of fused-ring (bicyclic) bond motifs is 1. The zero-order valence-electron chi connectivity index (χ0n) is 9.19. The lowest BCUT2D eigenvalue weighted by Crippen LogP contribution is -2.45. The first-order chi connectivity index (χ1) is 6.87. The highest BCUT2D eigenvalue weighted by molar-refractivity contribution is 7.90. The van der Waals surface area contributed by atoms with Gasteiger partial charge in [-0.15, -0.1) is 0 Å². The fraction of sp³-hybridized carbons (Fsp3) is 0.455. The predicted octanol–water partition coefficient (Wildman–Crippen LogP) is 1.70. The minimum atomic E-state index is -3.22. The van der Waals surface area contributed by atoms with Crippen LogP contribution < -0.4 is 0 Å². The van der Waals surface area contributed by atoms with Crippen LogP contribution in [-0.4, -0.2) is 19.8 Å². The van der Waals surface area contributed by atoms with Gasteiger partial charge in [-0.25, -0.2) is 8.42 Å². The summed E-state index contributed by atoms with van der Waals surface area (Å²) in [7, 11) is -1.59. The summed E-state index contributed by atoms with van der Waals surface area (Å²) in [6.07, 6.45) is 0. The van der Waals surface area contributed by atoms with Gasteiger partial charge in [-0.3, -0.25) is 0 Å². The van der Waals surface area contributed by atoms with Crippen LogP contribution >= 0.6 is 0 Å². The Kier molecular flexibility index (Phi) is 2.17. The van der Waals surface area contributed by atoms with Crippen molar-refractivity contribution in [2.45, 2.75) is 25.1 Å². The number of rotatable bonds is 0. The van der Waals surface area contributed by atoms with Crippen molar-refractivity contribution in [3.05, 3.63) is 35.4 Å². The molecule has 82 valence electrons. The molecule has 1 heterocycles. The average Bonchev–Trinajstić information content (AvgIpc) is 2.16. The molecule has 0 fully saturated rings. The maximum Gasteiger partial charge on any atom is 0.223 e. The van der Waals surface area contributed by atoms with E-state index in [1.807, 2.05) is 24.3 Å². The molecule has 4 heteroatoms. The molecule has 0 saturated heterocycles. The van der Waals surface area contributed by atoms with Gasteiger partial charge in [-0.2, -0.15) is 4.31 Å². The minimum Gasteiger partial charge on any atom is -0.211 e. The van der Waals surface area contributed by atoms with E-state index in [4.69, 9.17) is 0 Å². The second-order valence-corrected chi connectivity index (χ2v) is 7.02. The van der Waals surface area contributed by atoms with Crippen molar-refractivity contribution in [2.24, 2.45) is 0 Å². The highest BCUT2D eigenvalue weighted by atomic mass is 32.2. The molecule has 0 bridgehead atoms. The van der Waals surface area contributed by atoms with Crippen LogP contribution in [0.1, 0.15) is 25.0 Å². The first-order valence-electron chi connectivity index (χ1n) is 4.91. The lowest BCUT2D eigenvalue weighted by atomic mass is 9.96. The Morgan fingerprint density at radius 2 is 1.87 bits per heavy atom. The standard InChI is InChI=1S/C11H15NO2S/c1-11(2)10-7-5-4-6-9(10)8-12(3)15(11,13)14/h4-7H,8H2,1-3H3. The van der Waals surface area contributed by atoms with Gasteiger partial charge in [-0.05, 0) is 25.0 Å². The third-order valence-corrected chi connectivity index (χ3v) is 5.57. The lowest BCUT2D eigenvalue weighted by Gasteiger charge is -2.37. The van der Waals surface area contributed by atoms with Gasteiger partial charge in [0.15, 0.2) is 0 Å². The second-order valence-electron chi connectivity index (χ2n) is 4.43. The summed E-state index contributed by atoms with van der Waals surface area (Å²) >= 11 is 0. The summed E-state index contributed by atoms with van der Waals surface area (Å²) < 4.78 is 24.8. The van der Waals surface area contributed by atoms with Crippen molar-refractivity contribution in [1.82, 2.24) is 4.31 Å². The fourth-order valence-corrected chi connectivity index (χ4v) is 3.66. The first kappa shape index (κ1) is 10.6. The predicted molar refractivity (Wildman–Crippen MR) is 59.9 cm³/mol. The molecule has 0 atom stereocenters. The van der Waals surface area contributed by atoms with Gasteiger partial charge in [0, 0.05) is 13.6 Å². The van der Waals surface area contributed by atoms with Crippen molar-refractivity contribution in [3.8, 4) is 0 Å². The maximum atomic E-state index is 12.1. The Balaban J connectivity index is 2.72. The number of benzene rings is 1. The van der Waals surface area contributed by atoms with E-state index in [2.05, 4.69) is 0 Å². The molecule has 15 heavy (non-hydrogen) atoms. The molecule has 0 amide bonds. The Morgan fingerprint density at radius 1 is 1.27 bits per heavy atom. The Morgan fingerprint density at radius 3 is 2.53 bits per heavy atom. The van der Waals surface area contributed by atoms with Crippen LogP contribution in [0.3, 0.4) is 0 Å². The third-order valence-electron chi connectivity index (χ3n) is 3.11. The summed E-state index contributed by atoms with van der Waals surface area (Å²) in [6.45, 7) is 4.00. The van der Waals surface area contributed by atoms with E-state index in [0.717, 1.165) is 11.1 Å². The molecule has 0 aliphatic carbocycles. The van der Waals surface area contributed by atoms with Crippen LogP contribution in [0.25, 0.3) is 0 Å². The molecule has 0 spiro atoms. The van der Waals surface area contributed by atoms with Crippen molar-refractivity contribution >= 4 is 10.0 Å². The minimum absolute atomic E-state index is 0.474. The Hall–Kier alpha value is -0.870. The van der Waals surface area contributed by atoms with Crippen LogP contribution in [0.5, 0.6) is 0 Å². The highest BCUT2D eigenvalue weighted by Gasteiger charge is 2.43. The molecule has 1 aromatic carbocycles. The van der Waals surface area contributed by atoms with Crippen LogP contribution in [-0.2, 0) is 21.3 Å². The van der Waals surface area contributed by atoms with E-state index in [0.29, 0.717) is 6.54 Å². The van der Waals surface area contributed by atoms with Crippen LogP contribution in [0.4, 0.5) is 0 Å². The molecule has 0 aromatic heterocycles. The molecule has 1 aliphatic heterocycles. The van der Waals surface area contributed by atoms with Crippen LogP contribution in [0.15, 0.2) is 24.3 Å². The summed E-state index contributed by atoms with van der Waals surface area (Å²) in [5.41, 5.74) is 2.02. The topological polar surface area (TPSA) is 37.4 Å². The van der Waals surface area contributed by atoms with Gasteiger partial charge in [0.1, 0.15) is 4.75 Å². The van der Waals surface area contributed by atoms with Gasteiger partial charge in [-0.1, -0.05) is 24.3 Å². The molecule has 0 unspecified atom stereocenters. The zero-order valence-corrected chi connectivity index (χ0v) is 10.0. The quantitative estimate of drug-likeness (QED) is 0.674. The molecular weight excluding hydrogens is 210 g/mol. The number of sulfonamides is 1. The molecule has 1 aromatic rings. The average molecular weight is 225 g/mol. The van der Waals surface area contributed by atoms with Crippen LogP contribution in [0, 0.1) is 0 Å². The van der Waals surface area contributed by atoms with Gasteiger partial charge in [0.25, 0.3) is 0 Å². The van der Waals surface area contributed by atoms with Gasteiger partial charge in [0.2, 0.25) is 10.0 Å². The zero-order chi connectivity index (χ0) is 11.3. The lowest BCUT2D eigenvalue weighted by molar-refractivity contribution is 0.417. The van der Waals surface area contributed by atoms with Gasteiger partial charge in [0.05, 0.1) is 0 Å². The maximum absolute atomic E-state index is 12.1. The highest BCUT2D eigenvalue weighted by Crippen LogP contribution is 2.38. The summed E-state index contributed by atoms with van der Waals surface area (Å²) in [4.78, 5) is 0. The SMILES string of the molecule is CN1Cc2ccccc2C(C)(C)S1(=O)=O. The van der Waals surface area contributed by atoms with Crippen LogP contribution in [0.2, 0.25) is 0 Å². The molecule has 1 aliphatic rings. The normalized spacial score (nSPS) is 23.4. The van der Waals surface area contributed by atoms with Gasteiger partial charge >= 0.3 is 0 Å². The summed E-state index contributed by atoms with van der Waals surface area (Å²) in [5, 5.41) is 0. The first-order valence-corrected chi connectivity index (χ1v) is 6.35.